The highest BCUT2D eigenvalue weighted by Crippen LogP contribution is 2.62. The second-order valence-corrected chi connectivity index (χ2v) is 15.4. The molecule has 1 nitrogen and oxygen atoms in total. The lowest BCUT2D eigenvalue weighted by Gasteiger charge is -2.40. The third-order valence-electron chi connectivity index (χ3n) is 10.7. The number of nitrogens with one attached hydrogen (secondary N) is 1. The average Bonchev–Trinajstić information content (AvgIpc) is 3.70. The molecule has 11 rings (SSSR count). The predicted octanol–water partition coefficient (Wildman–Crippen LogP) is 13.4. The molecule has 0 atom stereocenters. The van der Waals surface area contributed by atoms with Crippen LogP contribution in [0.2, 0.25) is 0 Å². The monoisotopic (exact) mass is 671 g/mol. The van der Waals surface area contributed by atoms with E-state index in [1.54, 1.807) is 0 Å². The second kappa shape index (κ2) is 10.7. The minimum absolute atomic E-state index is 0.393. The van der Waals surface area contributed by atoms with Gasteiger partial charge in [0.25, 0.3) is 0 Å². The van der Waals surface area contributed by atoms with E-state index in [1.807, 2.05) is 23.1 Å². The number of hydrogen-bond acceptors (Lipinski definition) is 3. The van der Waals surface area contributed by atoms with E-state index in [-0.39, 0.29) is 0 Å². The Hall–Kier alpha value is -5.61. The summed E-state index contributed by atoms with van der Waals surface area (Å²) in [6.07, 6.45) is 0. The SMILES string of the molecule is c1ccc2c(c1)Sc1ccc(Nc3ccc(-c4cccc5sc6ccccc6c45)c4ccccc34)cc1C21c2ccccc2-c2ccccc21. The average molecular weight is 672 g/mol. The van der Waals surface area contributed by atoms with Crippen LogP contribution in [0.1, 0.15) is 22.3 Å². The molecule has 0 saturated carbocycles. The Kier molecular flexibility index (Phi) is 6.04. The molecule has 0 fully saturated rings. The lowest BCUT2D eigenvalue weighted by atomic mass is 9.67. The van der Waals surface area contributed by atoms with Gasteiger partial charge in [-0.25, -0.2) is 0 Å². The smallest absolute Gasteiger partial charge is 0.0736 e. The van der Waals surface area contributed by atoms with Gasteiger partial charge in [-0.05, 0) is 92.4 Å². The van der Waals surface area contributed by atoms with Gasteiger partial charge >= 0.3 is 0 Å². The van der Waals surface area contributed by atoms with E-state index in [4.69, 9.17) is 0 Å². The first kappa shape index (κ1) is 28.3. The van der Waals surface area contributed by atoms with Gasteiger partial charge in [0.1, 0.15) is 0 Å². The molecule has 234 valence electrons. The first-order valence-electron chi connectivity index (χ1n) is 17.1. The Morgan fingerprint density at radius 2 is 1.02 bits per heavy atom. The number of thiophene rings is 1. The maximum atomic E-state index is 3.91. The van der Waals surface area contributed by atoms with Crippen LogP contribution in [-0.2, 0) is 5.41 Å². The van der Waals surface area contributed by atoms with Crippen molar-refractivity contribution in [3.8, 4) is 22.3 Å². The summed E-state index contributed by atoms with van der Waals surface area (Å²) < 4.78 is 2.66. The summed E-state index contributed by atoms with van der Waals surface area (Å²) in [6, 6.07) is 62.9. The van der Waals surface area contributed by atoms with Crippen LogP contribution < -0.4 is 5.32 Å². The summed E-state index contributed by atoms with van der Waals surface area (Å²) in [5.41, 5.74) is 12.4. The Balaban J connectivity index is 1.09. The Morgan fingerprint density at radius 3 is 1.84 bits per heavy atom. The number of hydrogen-bond donors (Lipinski definition) is 1. The molecule has 3 heteroatoms. The highest BCUT2D eigenvalue weighted by molar-refractivity contribution is 7.99. The molecule has 0 unspecified atom stereocenters. The molecule has 1 N–H and O–H groups in total. The van der Waals surface area contributed by atoms with Crippen LogP contribution in [0.25, 0.3) is 53.2 Å². The van der Waals surface area contributed by atoms with Crippen molar-refractivity contribution in [1.82, 2.24) is 0 Å². The highest BCUT2D eigenvalue weighted by Gasteiger charge is 2.50. The van der Waals surface area contributed by atoms with Gasteiger partial charge in [0.05, 0.1) is 5.41 Å². The molecule has 2 heterocycles. The molecule has 0 amide bonds. The van der Waals surface area contributed by atoms with Crippen molar-refractivity contribution in [3.05, 3.63) is 192 Å². The molecule has 50 heavy (non-hydrogen) atoms. The van der Waals surface area contributed by atoms with Crippen molar-refractivity contribution in [3.63, 3.8) is 0 Å². The first-order valence-corrected chi connectivity index (χ1v) is 18.7. The van der Waals surface area contributed by atoms with Crippen LogP contribution >= 0.6 is 23.1 Å². The summed E-state index contributed by atoms with van der Waals surface area (Å²) >= 11 is 3.76. The molecular formula is C47H29NS2. The second-order valence-electron chi connectivity index (χ2n) is 13.3. The van der Waals surface area contributed by atoms with Crippen molar-refractivity contribution >= 4 is 65.4 Å². The molecule has 1 aliphatic carbocycles. The maximum absolute atomic E-state index is 3.91. The van der Waals surface area contributed by atoms with Gasteiger partial charge in [-0.3, -0.25) is 0 Å². The Bertz CT molecular complexity index is 2800. The number of anilines is 2. The zero-order valence-corrected chi connectivity index (χ0v) is 28.6. The predicted molar refractivity (Wildman–Crippen MR) is 213 cm³/mol. The molecule has 1 spiro atoms. The van der Waals surface area contributed by atoms with Crippen molar-refractivity contribution in [2.24, 2.45) is 0 Å². The van der Waals surface area contributed by atoms with Crippen LogP contribution in [0.4, 0.5) is 11.4 Å². The molecule has 0 saturated heterocycles. The van der Waals surface area contributed by atoms with Gasteiger partial charge in [-0.2, -0.15) is 0 Å². The van der Waals surface area contributed by atoms with E-state index in [0.29, 0.717) is 0 Å². The van der Waals surface area contributed by atoms with Crippen molar-refractivity contribution in [2.45, 2.75) is 15.2 Å². The van der Waals surface area contributed by atoms with E-state index in [9.17, 15) is 0 Å². The highest BCUT2D eigenvalue weighted by atomic mass is 32.2. The van der Waals surface area contributed by atoms with Crippen molar-refractivity contribution < 1.29 is 0 Å². The third-order valence-corrected chi connectivity index (χ3v) is 13.0. The normalized spacial score (nSPS) is 13.7. The molecule has 2 aliphatic rings. The quantitative estimate of drug-likeness (QED) is 0.201. The third kappa shape index (κ3) is 3.85. The summed E-state index contributed by atoms with van der Waals surface area (Å²) in [7, 11) is 0. The van der Waals surface area contributed by atoms with Gasteiger partial charge in [0, 0.05) is 46.7 Å². The van der Waals surface area contributed by atoms with Crippen LogP contribution in [0.3, 0.4) is 0 Å². The lowest BCUT2D eigenvalue weighted by Crippen LogP contribution is -2.32. The largest absolute Gasteiger partial charge is 0.355 e. The van der Waals surface area contributed by atoms with E-state index < -0.39 is 5.41 Å². The topological polar surface area (TPSA) is 12.0 Å². The molecule has 8 aromatic carbocycles. The lowest BCUT2D eigenvalue weighted by molar-refractivity contribution is 0.723. The summed E-state index contributed by atoms with van der Waals surface area (Å²) in [5.74, 6) is 0. The van der Waals surface area contributed by atoms with Crippen LogP contribution in [0, 0.1) is 0 Å². The fourth-order valence-electron chi connectivity index (χ4n) is 8.73. The van der Waals surface area contributed by atoms with Crippen LogP contribution in [0.15, 0.2) is 180 Å². The minimum atomic E-state index is -0.393. The van der Waals surface area contributed by atoms with Gasteiger partial charge in [-0.1, -0.05) is 139 Å². The minimum Gasteiger partial charge on any atom is -0.355 e. The van der Waals surface area contributed by atoms with Crippen molar-refractivity contribution in [2.75, 3.05) is 5.32 Å². The Morgan fingerprint density at radius 1 is 0.400 bits per heavy atom. The number of rotatable bonds is 3. The summed E-state index contributed by atoms with van der Waals surface area (Å²) in [5, 5.41) is 9.04. The van der Waals surface area contributed by atoms with E-state index in [2.05, 4.69) is 175 Å². The maximum Gasteiger partial charge on any atom is 0.0736 e. The van der Waals surface area contributed by atoms with Gasteiger partial charge < -0.3 is 5.32 Å². The van der Waals surface area contributed by atoms with Crippen molar-refractivity contribution in [1.29, 1.82) is 0 Å². The summed E-state index contributed by atoms with van der Waals surface area (Å²) in [6.45, 7) is 0. The van der Waals surface area contributed by atoms with Crippen LogP contribution in [0.5, 0.6) is 0 Å². The van der Waals surface area contributed by atoms with E-state index in [1.165, 1.54) is 85.2 Å². The number of fused-ring (bicyclic) bond motifs is 13. The molecular weight excluding hydrogens is 643 g/mol. The molecule has 0 bridgehead atoms. The number of benzene rings is 8. The Labute approximate surface area is 298 Å². The van der Waals surface area contributed by atoms with Gasteiger partial charge in [-0.15, -0.1) is 11.3 Å². The molecule has 1 aromatic heterocycles. The molecule has 9 aromatic rings. The molecule has 0 radical (unpaired) electrons. The zero-order valence-electron chi connectivity index (χ0n) is 27.0. The van der Waals surface area contributed by atoms with E-state index >= 15 is 0 Å². The zero-order chi connectivity index (χ0) is 32.8. The fourth-order valence-corrected chi connectivity index (χ4v) is 11.0. The first-order chi connectivity index (χ1) is 24.8. The van der Waals surface area contributed by atoms with E-state index in [0.717, 1.165) is 11.4 Å². The summed E-state index contributed by atoms with van der Waals surface area (Å²) in [4.78, 5) is 2.62. The van der Waals surface area contributed by atoms with Crippen LogP contribution in [-0.4, -0.2) is 0 Å². The molecule has 1 aliphatic heterocycles. The fraction of sp³-hybridized carbons (Fsp3) is 0.0213. The van der Waals surface area contributed by atoms with Gasteiger partial charge in [0.15, 0.2) is 0 Å². The van der Waals surface area contributed by atoms with Gasteiger partial charge in [0.2, 0.25) is 0 Å². The standard InChI is InChI=1S/C47H29NS2/c1-2-15-34-30(12-1)31(35-17-11-23-45-46(35)36-16-5-9-21-42(36)49-45)25-26-41(34)48-29-24-27-44-40(28-29)47(39-20-8-10-22-43(39)50-44)37-18-6-3-13-32(37)33-14-4-7-19-38(33)47/h1-28,48H.